The van der Waals surface area contributed by atoms with E-state index >= 15 is 0 Å². The fourth-order valence-corrected chi connectivity index (χ4v) is 2.27. The highest BCUT2D eigenvalue weighted by atomic mass is 16.5. The van der Waals surface area contributed by atoms with Gasteiger partial charge in [0.25, 0.3) is 0 Å². The number of carbonyl (C=O) groups excluding carboxylic acids is 3. The fraction of sp³-hybridized carbons (Fsp3) is 0.375. The van der Waals surface area contributed by atoms with E-state index in [0.29, 0.717) is 0 Å². The van der Waals surface area contributed by atoms with Gasteiger partial charge in [-0.25, -0.2) is 0 Å². The molecule has 1 heterocycles. The number of piperazine rings is 1. The lowest BCUT2D eigenvalue weighted by Crippen LogP contribution is -2.62. The number of rotatable bonds is 7. The van der Waals surface area contributed by atoms with Crippen molar-refractivity contribution >= 4 is 23.8 Å². The Labute approximate surface area is 138 Å². The first-order valence-electron chi connectivity index (χ1n) is 7.48. The summed E-state index contributed by atoms with van der Waals surface area (Å²) in [4.78, 5) is 45.9. The van der Waals surface area contributed by atoms with Gasteiger partial charge in [0.1, 0.15) is 18.7 Å². The van der Waals surface area contributed by atoms with E-state index in [9.17, 15) is 19.2 Å². The van der Waals surface area contributed by atoms with Gasteiger partial charge in [-0.1, -0.05) is 30.3 Å². The van der Waals surface area contributed by atoms with Crippen LogP contribution in [-0.2, 0) is 30.5 Å². The van der Waals surface area contributed by atoms with Crippen LogP contribution >= 0.6 is 0 Å². The first kappa shape index (κ1) is 17.5. The molecule has 0 unspecified atom stereocenters. The van der Waals surface area contributed by atoms with Crippen molar-refractivity contribution in [3.63, 3.8) is 0 Å². The summed E-state index contributed by atoms with van der Waals surface area (Å²) in [6.45, 7) is 0.142. The van der Waals surface area contributed by atoms with Gasteiger partial charge in [0.15, 0.2) is 0 Å². The minimum Gasteiger partial charge on any atom is -0.481 e. The molecule has 0 radical (unpaired) electrons. The average Bonchev–Trinajstić information content (AvgIpc) is 2.55. The van der Waals surface area contributed by atoms with Gasteiger partial charge in [-0.05, 0) is 12.0 Å². The molecular formula is C16H18N2O6. The molecule has 3 N–H and O–H groups in total. The van der Waals surface area contributed by atoms with Crippen molar-refractivity contribution in [1.29, 1.82) is 0 Å². The highest BCUT2D eigenvalue weighted by Crippen LogP contribution is 2.08. The molecule has 1 aromatic rings. The minimum absolute atomic E-state index is 0.0329. The van der Waals surface area contributed by atoms with E-state index in [1.165, 1.54) is 0 Å². The van der Waals surface area contributed by atoms with Crippen LogP contribution in [-0.4, -0.2) is 40.9 Å². The Morgan fingerprint density at radius 2 is 1.67 bits per heavy atom. The van der Waals surface area contributed by atoms with Gasteiger partial charge in [-0.2, -0.15) is 0 Å². The van der Waals surface area contributed by atoms with Gasteiger partial charge >= 0.3 is 11.9 Å². The Morgan fingerprint density at radius 3 is 2.33 bits per heavy atom. The van der Waals surface area contributed by atoms with Crippen molar-refractivity contribution < 1.29 is 29.0 Å². The molecule has 1 aliphatic heterocycles. The predicted molar refractivity (Wildman–Crippen MR) is 81.6 cm³/mol. The molecule has 0 saturated carbocycles. The minimum atomic E-state index is -1.18. The van der Waals surface area contributed by atoms with Crippen molar-refractivity contribution in [1.82, 2.24) is 10.6 Å². The van der Waals surface area contributed by atoms with Gasteiger partial charge in [-0.15, -0.1) is 0 Å². The molecule has 128 valence electrons. The molecule has 0 aliphatic carbocycles. The quantitative estimate of drug-likeness (QED) is 0.602. The monoisotopic (exact) mass is 334 g/mol. The first-order valence-corrected chi connectivity index (χ1v) is 7.48. The maximum Gasteiger partial charge on any atom is 0.306 e. The second-order valence-corrected chi connectivity index (χ2v) is 5.41. The van der Waals surface area contributed by atoms with Crippen LogP contribution in [0.3, 0.4) is 0 Å². The molecule has 8 nitrogen and oxygen atoms in total. The van der Waals surface area contributed by atoms with E-state index in [2.05, 4.69) is 10.6 Å². The van der Waals surface area contributed by atoms with Crippen LogP contribution in [0, 0.1) is 0 Å². The third kappa shape index (κ3) is 5.08. The molecule has 1 fully saturated rings. The summed E-state index contributed by atoms with van der Waals surface area (Å²) >= 11 is 0. The number of hydrogen-bond donors (Lipinski definition) is 3. The Morgan fingerprint density at radius 1 is 1.04 bits per heavy atom. The molecule has 1 aliphatic rings. The zero-order valence-corrected chi connectivity index (χ0v) is 12.9. The topological polar surface area (TPSA) is 122 Å². The van der Waals surface area contributed by atoms with Crippen LogP contribution in [0.5, 0.6) is 0 Å². The molecular weight excluding hydrogens is 316 g/mol. The van der Waals surface area contributed by atoms with E-state index in [-0.39, 0.29) is 19.4 Å². The van der Waals surface area contributed by atoms with Crippen molar-refractivity contribution in [3.8, 4) is 0 Å². The Hall–Kier alpha value is -2.90. The van der Waals surface area contributed by atoms with Crippen molar-refractivity contribution in [3.05, 3.63) is 35.9 Å². The number of hydrogen-bond acceptors (Lipinski definition) is 5. The molecule has 24 heavy (non-hydrogen) atoms. The van der Waals surface area contributed by atoms with E-state index in [0.717, 1.165) is 5.56 Å². The van der Waals surface area contributed by atoms with E-state index < -0.39 is 42.3 Å². The van der Waals surface area contributed by atoms with Crippen molar-refractivity contribution in [2.24, 2.45) is 0 Å². The number of amides is 2. The fourth-order valence-electron chi connectivity index (χ4n) is 2.27. The number of carboxylic acid groups (broad SMARTS) is 1. The molecule has 1 saturated heterocycles. The lowest BCUT2D eigenvalue weighted by molar-refractivity contribution is -0.146. The first-order chi connectivity index (χ1) is 11.5. The summed E-state index contributed by atoms with van der Waals surface area (Å²) in [5, 5.41) is 13.4. The zero-order valence-electron chi connectivity index (χ0n) is 12.9. The highest BCUT2D eigenvalue weighted by molar-refractivity contribution is 5.98. The maximum absolute atomic E-state index is 11.9. The summed E-state index contributed by atoms with van der Waals surface area (Å²) in [7, 11) is 0. The van der Waals surface area contributed by atoms with Crippen LogP contribution in [0.4, 0.5) is 0 Å². The Balaban J connectivity index is 1.75. The highest BCUT2D eigenvalue weighted by Gasteiger charge is 2.34. The van der Waals surface area contributed by atoms with Gasteiger partial charge in [0, 0.05) is 6.42 Å². The molecule has 1 aromatic carbocycles. The molecule has 0 spiro atoms. The summed E-state index contributed by atoms with van der Waals surface area (Å²) in [6, 6.07) is 7.21. The number of esters is 1. The molecule has 0 aromatic heterocycles. The number of benzene rings is 1. The van der Waals surface area contributed by atoms with E-state index in [1.807, 2.05) is 30.3 Å². The number of carbonyl (C=O) groups is 4. The smallest absolute Gasteiger partial charge is 0.306 e. The second kappa shape index (κ2) is 8.09. The van der Waals surface area contributed by atoms with E-state index in [4.69, 9.17) is 9.84 Å². The van der Waals surface area contributed by atoms with Crippen LogP contribution in [0.2, 0.25) is 0 Å². The SMILES string of the molecule is O=C(O)C[C@H]1NC(=O)[C@H](CCC(=O)OCc2ccccc2)NC1=O. The Kier molecular flexibility index (Phi) is 5.89. The van der Waals surface area contributed by atoms with Crippen molar-refractivity contribution in [2.75, 3.05) is 0 Å². The summed E-state index contributed by atoms with van der Waals surface area (Å²) in [5.41, 5.74) is 0.853. The van der Waals surface area contributed by atoms with Crippen LogP contribution < -0.4 is 10.6 Å². The zero-order chi connectivity index (χ0) is 17.5. The van der Waals surface area contributed by atoms with Crippen molar-refractivity contribution in [2.45, 2.75) is 38.0 Å². The largest absolute Gasteiger partial charge is 0.481 e. The average molecular weight is 334 g/mol. The van der Waals surface area contributed by atoms with Crippen LogP contribution in [0.15, 0.2) is 30.3 Å². The maximum atomic E-state index is 11.9. The normalized spacial score (nSPS) is 20.0. The van der Waals surface area contributed by atoms with Gasteiger partial charge in [0.2, 0.25) is 11.8 Å². The predicted octanol–water partition coefficient (Wildman–Crippen LogP) is -0.0321. The third-order valence-electron chi connectivity index (χ3n) is 3.52. The molecule has 2 atom stereocenters. The Bertz CT molecular complexity index is 631. The van der Waals surface area contributed by atoms with Gasteiger partial charge in [0.05, 0.1) is 6.42 Å². The van der Waals surface area contributed by atoms with Crippen LogP contribution in [0.1, 0.15) is 24.8 Å². The molecule has 0 bridgehead atoms. The van der Waals surface area contributed by atoms with Gasteiger partial charge in [-0.3, -0.25) is 19.2 Å². The summed E-state index contributed by atoms with van der Waals surface area (Å²) < 4.78 is 5.09. The second-order valence-electron chi connectivity index (χ2n) is 5.41. The molecule has 2 amide bonds. The summed E-state index contributed by atoms with van der Waals surface area (Å²) in [6.07, 6.45) is -0.427. The number of nitrogens with one attached hydrogen (secondary N) is 2. The summed E-state index contributed by atoms with van der Waals surface area (Å²) in [5.74, 6) is -2.73. The lowest BCUT2D eigenvalue weighted by atomic mass is 10.0. The van der Waals surface area contributed by atoms with Gasteiger partial charge < -0.3 is 20.5 Å². The van der Waals surface area contributed by atoms with E-state index in [1.54, 1.807) is 0 Å². The molecule has 8 heteroatoms. The standard InChI is InChI=1S/C16H18N2O6/c19-13(20)8-12-16(23)17-11(15(22)18-12)6-7-14(21)24-9-10-4-2-1-3-5-10/h1-5,11-12H,6-9H2,(H,17,23)(H,18,22)(H,19,20)/t11-,12+/m0/s1. The number of aliphatic carboxylic acids is 1. The third-order valence-corrected chi connectivity index (χ3v) is 3.52. The number of carboxylic acids is 1. The molecule has 2 rings (SSSR count). The number of ether oxygens (including phenoxy) is 1. The lowest BCUT2D eigenvalue weighted by Gasteiger charge is -2.28. The van der Waals surface area contributed by atoms with Crippen LogP contribution in [0.25, 0.3) is 0 Å².